The maximum Gasteiger partial charge on any atom is 0.243 e. The lowest BCUT2D eigenvalue weighted by Crippen LogP contribution is -2.47. The van der Waals surface area contributed by atoms with Gasteiger partial charge in [0, 0.05) is 26.2 Å². The summed E-state index contributed by atoms with van der Waals surface area (Å²) in [5.41, 5.74) is 0. The van der Waals surface area contributed by atoms with Gasteiger partial charge in [-0.1, -0.05) is 5.16 Å². The number of hydrogen-bond acceptors (Lipinski definition) is 8. The van der Waals surface area contributed by atoms with Gasteiger partial charge in [-0.05, 0) is 37.1 Å². The molecule has 124 valence electrons. The molecule has 2 aromatic heterocycles. The first-order chi connectivity index (χ1) is 11.2. The Labute approximate surface area is 134 Å². The van der Waals surface area contributed by atoms with E-state index in [9.17, 15) is 0 Å². The number of rotatable bonds is 5. The van der Waals surface area contributed by atoms with E-state index in [-0.39, 0.29) is 6.04 Å². The molecule has 1 saturated heterocycles. The highest BCUT2D eigenvalue weighted by molar-refractivity contribution is 4.94. The van der Waals surface area contributed by atoms with Gasteiger partial charge in [-0.25, -0.2) is 4.68 Å². The van der Waals surface area contributed by atoms with Gasteiger partial charge in [0.05, 0.1) is 18.6 Å². The van der Waals surface area contributed by atoms with Gasteiger partial charge >= 0.3 is 0 Å². The zero-order valence-electron chi connectivity index (χ0n) is 13.6. The van der Waals surface area contributed by atoms with Crippen molar-refractivity contribution in [1.29, 1.82) is 0 Å². The fourth-order valence-electron chi connectivity index (χ4n) is 3.07. The third kappa shape index (κ3) is 3.11. The van der Waals surface area contributed by atoms with Crippen LogP contribution in [0.3, 0.4) is 0 Å². The fourth-order valence-corrected chi connectivity index (χ4v) is 3.07. The lowest BCUT2D eigenvalue weighted by Gasteiger charge is -2.36. The average Bonchev–Trinajstić information content (AvgIpc) is 3.15. The van der Waals surface area contributed by atoms with Crippen molar-refractivity contribution in [2.45, 2.75) is 45.3 Å². The number of hydrogen-bond donors (Lipinski definition) is 0. The van der Waals surface area contributed by atoms with Gasteiger partial charge in [0.1, 0.15) is 0 Å². The van der Waals surface area contributed by atoms with Crippen molar-refractivity contribution in [3.05, 3.63) is 17.5 Å². The first-order valence-corrected chi connectivity index (χ1v) is 8.24. The molecule has 1 aliphatic heterocycles. The van der Waals surface area contributed by atoms with Gasteiger partial charge in [-0.2, -0.15) is 4.98 Å². The lowest BCUT2D eigenvalue weighted by atomic mass is 10.2. The number of nitrogens with zero attached hydrogens (tertiary/aromatic N) is 8. The molecule has 3 heterocycles. The van der Waals surface area contributed by atoms with E-state index in [4.69, 9.17) is 4.52 Å². The Morgan fingerprint density at radius 2 is 2.00 bits per heavy atom. The highest BCUT2D eigenvalue weighted by atomic mass is 16.5. The van der Waals surface area contributed by atoms with Crippen LogP contribution < -0.4 is 0 Å². The van der Waals surface area contributed by atoms with E-state index in [0.717, 1.165) is 38.5 Å². The van der Waals surface area contributed by atoms with Crippen LogP contribution in [0.2, 0.25) is 0 Å². The van der Waals surface area contributed by atoms with Crippen LogP contribution in [-0.2, 0) is 6.54 Å². The van der Waals surface area contributed by atoms with E-state index in [0.29, 0.717) is 17.8 Å². The van der Waals surface area contributed by atoms with Crippen LogP contribution in [0.25, 0.3) is 0 Å². The quantitative estimate of drug-likeness (QED) is 0.791. The lowest BCUT2D eigenvalue weighted by molar-refractivity contribution is 0.0823. The van der Waals surface area contributed by atoms with Crippen molar-refractivity contribution < 1.29 is 4.52 Å². The molecular weight excluding hydrogens is 296 g/mol. The summed E-state index contributed by atoms with van der Waals surface area (Å²) >= 11 is 0. The van der Waals surface area contributed by atoms with Crippen LogP contribution >= 0.6 is 0 Å². The molecule has 1 saturated carbocycles. The third-order valence-corrected chi connectivity index (χ3v) is 4.67. The molecule has 0 N–H and O–H groups in total. The maximum absolute atomic E-state index is 5.29. The highest BCUT2D eigenvalue weighted by Gasteiger charge is 2.30. The molecule has 0 unspecified atom stereocenters. The molecular formula is C14H22N8O. The van der Waals surface area contributed by atoms with Gasteiger partial charge in [-0.3, -0.25) is 9.80 Å². The molecule has 2 aliphatic rings. The van der Waals surface area contributed by atoms with Gasteiger partial charge in [0.25, 0.3) is 0 Å². The van der Waals surface area contributed by atoms with Gasteiger partial charge in [-0.15, -0.1) is 5.10 Å². The molecule has 1 aliphatic carbocycles. The van der Waals surface area contributed by atoms with Crippen molar-refractivity contribution in [2.75, 3.05) is 26.2 Å². The van der Waals surface area contributed by atoms with E-state index in [1.54, 1.807) is 0 Å². The van der Waals surface area contributed by atoms with E-state index < -0.39 is 0 Å². The Bertz CT molecular complexity index is 655. The first kappa shape index (κ1) is 14.7. The van der Waals surface area contributed by atoms with Gasteiger partial charge in [0.15, 0.2) is 11.6 Å². The van der Waals surface area contributed by atoms with Crippen LogP contribution in [0.5, 0.6) is 0 Å². The zero-order valence-corrected chi connectivity index (χ0v) is 13.6. The summed E-state index contributed by atoms with van der Waals surface area (Å²) in [5, 5.41) is 16.0. The fraction of sp³-hybridized carbons (Fsp3) is 0.786. The maximum atomic E-state index is 5.29. The van der Waals surface area contributed by atoms with E-state index in [1.165, 1.54) is 12.8 Å². The predicted octanol–water partition coefficient (Wildman–Crippen LogP) is 0.578. The molecule has 9 heteroatoms. The summed E-state index contributed by atoms with van der Waals surface area (Å²) in [6.07, 6.45) is 2.40. The molecule has 2 aromatic rings. The Hall–Kier alpha value is -1.87. The average molecular weight is 318 g/mol. The molecule has 0 radical (unpaired) electrons. The molecule has 1 atom stereocenters. The molecule has 0 bridgehead atoms. The summed E-state index contributed by atoms with van der Waals surface area (Å²) < 4.78 is 7.29. The second kappa shape index (κ2) is 5.97. The summed E-state index contributed by atoms with van der Waals surface area (Å²) in [6.45, 7) is 8.74. The summed E-state index contributed by atoms with van der Waals surface area (Å²) in [5.74, 6) is 2.38. The molecule has 0 amide bonds. The molecule has 0 spiro atoms. The summed E-state index contributed by atoms with van der Waals surface area (Å²) in [6, 6.07) is 0.692. The number of aromatic nitrogens is 6. The summed E-state index contributed by atoms with van der Waals surface area (Å²) in [7, 11) is 0. The van der Waals surface area contributed by atoms with Crippen molar-refractivity contribution in [3.8, 4) is 0 Å². The third-order valence-electron chi connectivity index (χ3n) is 4.67. The first-order valence-electron chi connectivity index (χ1n) is 8.24. The Morgan fingerprint density at radius 1 is 1.22 bits per heavy atom. The molecule has 9 nitrogen and oxygen atoms in total. The van der Waals surface area contributed by atoms with Crippen molar-refractivity contribution >= 4 is 0 Å². The highest BCUT2D eigenvalue weighted by Crippen LogP contribution is 2.34. The van der Waals surface area contributed by atoms with Gasteiger partial charge in [0.2, 0.25) is 5.89 Å². The molecule has 4 rings (SSSR count). The van der Waals surface area contributed by atoms with Crippen molar-refractivity contribution in [3.63, 3.8) is 0 Å². The second-order valence-electron chi connectivity index (χ2n) is 6.44. The number of tetrazole rings is 1. The van der Waals surface area contributed by atoms with E-state index in [2.05, 4.69) is 42.4 Å². The van der Waals surface area contributed by atoms with Crippen LogP contribution in [0.15, 0.2) is 4.52 Å². The van der Waals surface area contributed by atoms with E-state index in [1.807, 2.05) is 11.6 Å². The van der Waals surface area contributed by atoms with Crippen molar-refractivity contribution in [2.24, 2.45) is 0 Å². The Balaban J connectivity index is 1.33. The minimum atomic E-state index is 0.162. The monoisotopic (exact) mass is 318 g/mol. The Kier molecular flexibility index (Phi) is 3.82. The SMILES string of the molecule is Cc1noc([C@H](C)N2CCN(Cc3nnnn3C3CC3)CC2)n1. The molecule has 2 fully saturated rings. The number of aryl methyl sites for hydroxylation is 1. The van der Waals surface area contributed by atoms with Crippen LogP contribution in [0, 0.1) is 6.92 Å². The van der Waals surface area contributed by atoms with Crippen LogP contribution in [0.1, 0.15) is 49.4 Å². The largest absolute Gasteiger partial charge is 0.338 e. The minimum absolute atomic E-state index is 0.162. The molecule has 23 heavy (non-hydrogen) atoms. The van der Waals surface area contributed by atoms with Gasteiger partial charge < -0.3 is 4.52 Å². The summed E-state index contributed by atoms with van der Waals surface area (Å²) in [4.78, 5) is 9.13. The predicted molar refractivity (Wildman–Crippen MR) is 80.4 cm³/mol. The Morgan fingerprint density at radius 3 is 2.65 bits per heavy atom. The standard InChI is InChI=1S/C14H22N8O/c1-10(14-15-11(2)17-23-14)21-7-5-20(6-8-21)9-13-16-18-19-22(13)12-3-4-12/h10,12H,3-9H2,1-2H3/t10-/m0/s1. The zero-order chi connectivity index (χ0) is 15.8. The van der Waals surface area contributed by atoms with Crippen molar-refractivity contribution in [1.82, 2.24) is 40.1 Å². The second-order valence-corrected chi connectivity index (χ2v) is 6.44. The number of piperazine rings is 1. The normalized spacial score (nSPS) is 21.7. The molecule has 0 aromatic carbocycles. The smallest absolute Gasteiger partial charge is 0.243 e. The minimum Gasteiger partial charge on any atom is -0.338 e. The topological polar surface area (TPSA) is 89.0 Å². The van der Waals surface area contributed by atoms with Crippen LogP contribution in [-0.4, -0.2) is 66.3 Å². The van der Waals surface area contributed by atoms with E-state index >= 15 is 0 Å². The van der Waals surface area contributed by atoms with Crippen LogP contribution in [0.4, 0.5) is 0 Å².